The highest BCUT2D eigenvalue weighted by Crippen LogP contribution is 2.19. The van der Waals surface area contributed by atoms with E-state index in [-0.39, 0.29) is 12.1 Å². The van der Waals surface area contributed by atoms with Crippen LogP contribution >= 0.6 is 0 Å². The number of fused-ring (bicyclic) bond motifs is 1. The van der Waals surface area contributed by atoms with Gasteiger partial charge in [0, 0.05) is 18.5 Å². The molecule has 136 valence electrons. The molecule has 2 amide bonds. The zero-order valence-electron chi connectivity index (χ0n) is 15.2. The van der Waals surface area contributed by atoms with Crippen LogP contribution in [0.15, 0.2) is 48.8 Å². The Morgan fingerprint density at radius 1 is 1.27 bits per heavy atom. The lowest BCUT2D eigenvalue weighted by Crippen LogP contribution is -2.34. The molecule has 26 heavy (non-hydrogen) atoms. The Hall–Kier alpha value is -3.09. The minimum absolute atomic E-state index is 0.209. The maximum absolute atomic E-state index is 12.3. The first-order valence-electron chi connectivity index (χ1n) is 8.58. The topological polar surface area (TPSA) is 72.3 Å². The van der Waals surface area contributed by atoms with Crippen LogP contribution in [0.4, 0.5) is 10.5 Å². The molecule has 0 atom stereocenters. The van der Waals surface area contributed by atoms with Crippen molar-refractivity contribution in [3.8, 4) is 5.75 Å². The number of anilines is 1. The molecule has 0 aliphatic heterocycles. The van der Waals surface area contributed by atoms with Crippen LogP contribution in [0.5, 0.6) is 5.75 Å². The average molecular weight is 353 g/mol. The van der Waals surface area contributed by atoms with Gasteiger partial charge in [-0.15, -0.1) is 0 Å². The summed E-state index contributed by atoms with van der Waals surface area (Å²) in [6.45, 7) is 5.00. The minimum Gasteiger partial charge on any atom is -0.492 e. The Balaban J connectivity index is 1.56. The van der Waals surface area contributed by atoms with Gasteiger partial charge in [0.25, 0.3) is 0 Å². The molecule has 3 rings (SSSR count). The summed E-state index contributed by atoms with van der Waals surface area (Å²) >= 11 is 0. The average Bonchev–Trinajstić information content (AvgIpc) is 3.06. The van der Waals surface area contributed by atoms with Gasteiger partial charge < -0.3 is 15.0 Å². The number of rotatable bonds is 6. The number of carbonyl (C=O) groups is 1. The third-order valence-electron chi connectivity index (χ3n) is 3.96. The molecule has 7 heteroatoms. The second-order valence-electron chi connectivity index (χ2n) is 6.33. The van der Waals surface area contributed by atoms with Crippen molar-refractivity contribution < 1.29 is 9.53 Å². The first-order valence-corrected chi connectivity index (χ1v) is 8.58. The lowest BCUT2D eigenvalue weighted by atomic mass is 10.3. The number of pyridine rings is 1. The summed E-state index contributed by atoms with van der Waals surface area (Å²) in [6, 6.07) is 11.4. The van der Waals surface area contributed by atoms with E-state index >= 15 is 0 Å². The van der Waals surface area contributed by atoms with E-state index in [0.717, 1.165) is 16.8 Å². The molecule has 0 bridgehead atoms. The maximum Gasteiger partial charge on any atom is 0.321 e. The molecule has 0 radical (unpaired) electrons. The van der Waals surface area contributed by atoms with Crippen LogP contribution in [0.25, 0.3) is 11.0 Å². The molecule has 0 unspecified atom stereocenters. The number of aromatic nitrogens is 3. The summed E-state index contributed by atoms with van der Waals surface area (Å²) < 4.78 is 7.47. The molecule has 0 saturated heterocycles. The third-order valence-corrected chi connectivity index (χ3v) is 3.96. The molecule has 1 aromatic carbocycles. The van der Waals surface area contributed by atoms with Gasteiger partial charge in [-0.2, -0.15) is 5.10 Å². The molecule has 0 aliphatic rings. The first kappa shape index (κ1) is 17.7. The van der Waals surface area contributed by atoms with Gasteiger partial charge in [0.15, 0.2) is 5.65 Å². The SMILES string of the molecule is CC(C)n1ncc2cc(NC(=O)N(C)CCOc3ccccc3)cnc21. The largest absolute Gasteiger partial charge is 0.492 e. The summed E-state index contributed by atoms with van der Waals surface area (Å²) in [5, 5.41) is 8.08. The molecule has 0 saturated carbocycles. The quantitative estimate of drug-likeness (QED) is 0.735. The number of para-hydroxylation sites is 1. The Bertz CT molecular complexity index is 876. The highest BCUT2D eigenvalue weighted by Gasteiger charge is 2.12. The zero-order chi connectivity index (χ0) is 18.5. The fraction of sp³-hybridized carbons (Fsp3) is 0.316. The van der Waals surface area contributed by atoms with Crippen molar-refractivity contribution in [2.24, 2.45) is 0 Å². The van der Waals surface area contributed by atoms with Gasteiger partial charge in [0.1, 0.15) is 12.4 Å². The highest BCUT2D eigenvalue weighted by atomic mass is 16.5. The number of carbonyl (C=O) groups excluding carboxylic acids is 1. The molecular weight excluding hydrogens is 330 g/mol. The van der Waals surface area contributed by atoms with E-state index < -0.39 is 0 Å². The van der Waals surface area contributed by atoms with E-state index in [2.05, 4.69) is 29.2 Å². The summed E-state index contributed by atoms with van der Waals surface area (Å²) in [4.78, 5) is 18.3. The zero-order valence-corrected chi connectivity index (χ0v) is 15.2. The van der Waals surface area contributed by atoms with Crippen molar-refractivity contribution in [1.29, 1.82) is 0 Å². The number of ether oxygens (including phenoxy) is 1. The van der Waals surface area contributed by atoms with E-state index in [1.54, 1.807) is 24.3 Å². The maximum atomic E-state index is 12.3. The highest BCUT2D eigenvalue weighted by molar-refractivity contribution is 5.91. The minimum atomic E-state index is -0.209. The van der Waals surface area contributed by atoms with Gasteiger partial charge >= 0.3 is 6.03 Å². The molecule has 3 aromatic rings. The monoisotopic (exact) mass is 353 g/mol. The van der Waals surface area contributed by atoms with Crippen molar-refractivity contribution in [2.75, 3.05) is 25.5 Å². The molecule has 0 aliphatic carbocycles. The summed E-state index contributed by atoms with van der Waals surface area (Å²) in [5.74, 6) is 0.790. The predicted molar refractivity (Wildman–Crippen MR) is 101 cm³/mol. The van der Waals surface area contributed by atoms with Gasteiger partial charge in [-0.25, -0.2) is 14.5 Å². The smallest absolute Gasteiger partial charge is 0.321 e. The Morgan fingerprint density at radius 2 is 2.04 bits per heavy atom. The van der Waals surface area contributed by atoms with E-state index in [0.29, 0.717) is 18.8 Å². The molecule has 7 nitrogen and oxygen atoms in total. The third kappa shape index (κ3) is 4.11. The van der Waals surface area contributed by atoms with Gasteiger partial charge in [0.2, 0.25) is 0 Å². The Morgan fingerprint density at radius 3 is 2.77 bits per heavy atom. The Labute approximate surface area is 152 Å². The number of hydrogen-bond acceptors (Lipinski definition) is 4. The van der Waals surface area contributed by atoms with Crippen molar-refractivity contribution in [2.45, 2.75) is 19.9 Å². The number of likely N-dealkylation sites (N-methyl/N-ethyl adjacent to an activating group) is 1. The molecule has 0 fully saturated rings. The van der Waals surface area contributed by atoms with Crippen molar-refractivity contribution >= 4 is 22.8 Å². The fourth-order valence-electron chi connectivity index (χ4n) is 2.52. The van der Waals surface area contributed by atoms with Crippen LogP contribution in [0, 0.1) is 0 Å². The van der Waals surface area contributed by atoms with Gasteiger partial charge in [-0.05, 0) is 32.0 Å². The van der Waals surface area contributed by atoms with Crippen molar-refractivity contribution in [3.63, 3.8) is 0 Å². The van der Waals surface area contributed by atoms with Crippen LogP contribution in [-0.2, 0) is 0 Å². The van der Waals surface area contributed by atoms with Crippen molar-refractivity contribution in [1.82, 2.24) is 19.7 Å². The molecule has 1 N–H and O–H groups in total. The second-order valence-corrected chi connectivity index (χ2v) is 6.33. The number of benzene rings is 1. The van der Waals surface area contributed by atoms with Gasteiger partial charge in [-0.3, -0.25) is 0 Å². The second kappa shape index (κ2) is 7.86. The fourth-order valence-corrected chi connectivity index (χ4v) is 2.52. The van der Waals surface area contributed by atoms with E-state index in [9.17, 15) is 4.79 Å². The molecule has 0 spiro atoms. The predicted octanol–water partition coefficient (Wildman–Crippen LogP) is 3.55. The lowest BCUT2D eigenvalue weighted by molar-refractivity contribution is 0.207. The molecular formula is C19H23N5O2. The van der Waals surface area contributed by atoms with Crippen LogP contribution in [0.2, 0.25) is 0 Å². The van der Waals surface area contributed by atoms with Gasteiger partial charge in [0.05, 0.1) is 24.6 Å². The van der Waals surface area contributed by atoms with E-state index in [1.165, 1.54) is 0 Å². The van der Waals surface area contributed by atoms with Crippen LogP contribution in [0.3, 0.4) is 0 Å². The number of nitrogens with one attached hydrogen (secondary N) is 1. The number of nitrogens with zero attached hydrogens (tertiary/aromatic N) is 4. The van der Waals surface area contributed by atoms with E-state index in [1.807, 2.05) is 41.1 Å². The standard InChI is InChI=1S/C19H23N5O2/c1-14(2)24-18-15(12-21-24)11-16(13-20-18)22-19(25)23(3)9-10-26-17-7-5-4-6-8-17/h4-8,11-14H,9-10H2,1-3H3,(H,22,25). The van der Waals surface area contributed by atoms with Gasteiger partial charge in [-0.1, -0.05) is 18.2 Å². The van der Waals surface area contributed by atoms with Crippen LogP contribution in [-0.4, -0.2) is 45.9 Å². The van der Waals surface area contributed by atoms with E-state index in [4.69, 9.17) is 4.74 Å². The van der Waals surface area contributed by atoms with Crippen LogP contribution < -0.4 is 10.1 Å². The molecule has 2 heterocycles. The lowest BCUT2D eigenvalue weighted by Gasteiger charge is -2.18. The Kier molecular flexibility index (Phi) is 5.36. The summed E-state index contributed by atoms with van der Waals surface area (Å²) in [6.07, 6.45) is 3.41. The summed E-state index contributed by atoms with van der Waals surface area (Å²) in [7, 11) is 1.73. The number of urea groups is 1. The molecule has 2 aromatic heterocycles. The first-order chi connectivity index (χ1) is 12.5. The van der Waals surface area contributed by atoms with Crippen LogP contribution in [0.1, 0.15) is 19.9 Å². The number of amides is 2. The van der Waals surface area contributed by atoms with Crippen molar-refractivity contribution in [3.05, 3.63) is 48.8 Å². The number of hydrogen-bond donors (Lipinski definition) is 1. The summed E-state index contributed by atoms with van der Waals surface area (Å²) in [5.41, 5.74) is 1.45. The normalized spacial score (nSPS) is 10.9.